The van der Waals surface area contributed by atoms with Gasteiger partial charge in [0.05, 0.1) is 11.1 Å². The van der Waals surface area contributed by atoms with Crippen LogP contribution in [0.1, 0.15) is 29.7 Å². The molecule has 0 amide bonds. The van der Waals surface area contributed by atoms with Gasteiger partial charge in [0.1, 0.15) is 12.4 Å². The first-order valence-electron chi connectivity index (χ1n) is 6.07. The van der Waals surface area contributed by atoms with Gasteiger partial charge in [0, 0.05) is 18.0 Å². The Kier molecular flexibility index (Phi) is 4.40. The van der Waals surface area contributed by atoms with Gasteiger partial charge in [-0.3, -0.25) is 4.98 Å². The highest BCUT2D eigenvalue weighted by Crippen LogP contribution is 2.24. The van der Waals surface area contributed by atoms with Crippen LogP contribution in [0, 0.1) is 6.92 Å². The number of aromatic nitrogens is 1. The fourth-order valence-corrected chi connectivity index (χ4v) is 1.94. The third-order valence-corrected chi connectivity index (χ3v) is 3.26. The van der Waals surface area contributed by atoms with Crippen molar-refractivity contribution in [1.82, 2.24) is 4.98 Å². The zero-order chi connectivity index (χ0) is 13.8. The zero-order valence-corrected chi connectivity index (χ0v) is 11.7. The minimum Gasteiger partial charge on any atom is -0.489 e. The van der Waals surface area contributed by atoms with Crippen molar-refractivity contribution in [1.29, 1.82) is 0 Å². The average molecular weight is 278 g/mol. The van der Waals surface area contributed by atoms with Crippen LogP contribution in [0.15, 0.2) is 36.7 Å². The van der Waals surface area contributed by atoms with E-state index < -0.39 is 6.10 Å². The molecule has 2 rings (SSSR count). The molecule has 3 nitrogen and oxygen atoms in total. The Balaban J connectivity index is 2.10. The number of hydrogen-bond donors (Lipinski definition) is 1. The lowest BCUT2D eigenvalue weighted by atomic mass is 10.1. The summed E-state index contributed by atoms with van der Waals surface area (Å²) >= 11 is 6.02. The van der Waals surface area contributed by atoms with E-state index in [0.29, 0.717) is 11.6 Å². The second-order valence-electron chi connectivity index (χ2n) is 4.46. The van der Waals surface area contributed by atoms with Gasteiger partial charge in [-0.1, -0.05) is 17.7 Å². The lowest BCUT2D eigenvalue weighted by molar-refractivity contribution is 0.199. The molecular weight excluding hydrogens is 262 g/mol. The second-order valence-corrected chi connectivity index (χ2v) is 4.86. The van der Waals surface area contributed by atoms with Crippen LogP contribution < -0.4 is 4.74 Å². The first-order valence-corrected chi connectivity index (χ1v) is 6.45. The van der Waals surface area contributed by atoms with Crippen LogP contribution in [0.3, 0.4) is 0 Å². The number of aliphatic hydroxyl groups is 1. The largest absolute Gasteiger partial charge is 0.489 e. The number of pyridine rings is 1. The molecular formula is C15H16ClNO2. The van der Waals surface area contributed by atoms with E-state index in [1.807, 2.05) is 31.2 Å². The Morgan fingerprint density at radius 1 is 1.37 bits per heavy atom. The van der Waals surface area contributed by atoms with Crippen LogP contribution in [0.2, 0.25) is 5.02 Å². The van der Waals surface area contributed by atoms with Crippen LogP contribution in [-0.4, -0.2) is 10.1 Å². The molecule has 19 heavy (non-hydrogen) atoms. The van der Waals surface area contributed by atoms with Crippen LogP contribution in [0.4, 0.5) is 0 Å². The lowest BCUT2D eigenvalue weighted by Gasteiger charge is -2.12. The van der Waals surface area contributed by atoms with E-state index in [1.54, 1.807) is 19.3 Å². The maximum absolute atomic E-state index is 9.52. The molecule has 0 aliphatic carbocycles. The third kappa shape index (κ3) is 3.46. The minimum absolute atomic E-state index is 0.399. The van der Waals surface area contributed by atoms with Crippen LogP contribution in [0.5, 0.6) is 5.75 Å². The summed E-state index contributed by atoms with van der Waals surface area (Å²) in [6.45, 7) is 4.09. The van der Waals surface area contributed by atoms with E-state index >= 15 is 0 Å². The number of nitrogens with zero attached hydrogens (tertiary/aromatic N) is 1. The highest BCUT2D eigenvalue weighted by atomic mass is 35.5. The Morgan fingerprint density at radius 3 is 2.79 bits per heavy atom. The monoisotopic (exact) mass is 277 g/mol. The number of halogens is 1. The molecule has 1 N–H and O–H groups in total. The van der Waals surface area contributed by atoms with Gasteiger partial charge < -0.3 is 9.84 Å². The molecule has 0 saturated heterocycles. The smallest absolute Gasteiger partial charge is 0.122 e. The fourth-order valence-electron chi connectivity index (χ4n) is 1.77. The van der Waals surface area contributed by atoms with Gasteiger partial charge in [0.2, 0.25) is 0 Å². The number of aliphatic hydroxyl groups excluding tert-OH is 1. The topological polar surface area (TPSA) is 42.4 Å². The Labute approximate surface area is 117 Å². The molecule has 0 saturated carbocycles. The maximum Gasteiger partial charge on any atom is 0.122 e. The quantitative estimate of drug-likeness (QED) is 0.927. The van der Waals surface area contributed by atoms with Crippen LogP contribution >= 0.6 is 11.6 Å². The molecule has 100 valence electrons. The number of aryl methyl sites for hydroxylation is 1. The van der Waals surface area contributed by atoms with Gasteiger partial charge in [-0.25, -0.2) is 0 Å². The van der Waals surface area contributed by atoms with Crippen molar-refractivity contribution < 1.29 is 9.84 Å². The molecule has 1 atom stereocenters. The predicted octanol–water partition coefficient (Wildman–Crippen LogP) is 3.68. The van der Waals surface area contributed by atoms with E-state index in [2.05, 4.69) is 4.98 Å². The zero-order valence-electron chi connectivity index (χ0n) is 10.9. The molecule has 4 heteroatoms. The summed E-state index contributed by atoms with van der Waals surface area (Å²) in [6, 6.07) is 7.49. The summed E-state index contributed by atoms with van der Waals surface area (Å²) < 4.78 is 5.74. The lowest BCUT2D eigenvalue weighted by Crippen LogP contribution is -1.99. The summed E-state index contributed by atoms with van der Waals surface area (Å²) in [5.41, 5.74) is 2.77. The Bertz CT molecular complexity index is 570. The number of benzene rings is 1. The summed E-state index contributed by atoms with van der Waals surface area (Å²) in [5.74, 6) is 0.789. The summed E-state index contributed by atoms with van der Waals surface area (Å²) in [6.07, 6.45) is 2.82. The molecule has 0 bridgehead atoms. The van der Waals surface area contributed by atoms with Gasteiger partial charge in [-0.05, 0) is 43.2 Å². The maximum atomic E-state index is 9.52. The van der Waals surface area contributed by atoms with Gasteiger partial charge in [-0.15, -0.1) is 0 Å². The number of rotatable bonds is 4. The normalized spacial score (nSPS) is 12.2. The summed E-state index contributed by atoms with van der Waals surface area (Å²) in [7, 11) is 0. The standard InChI is InChI=1S/C15H16ClNO2/c1-10-7-12(11(2)18)3-4-15(10)19-9-13-5-6-17-8-14(13)16/h3-8,11,18H,9H2,1-2H3/t11-/m1/s1. The van der Waals surface area contributed by atoms with Crippen LogP contribution in [0.25, 0.3) is 0 Å². The molecule has 1 aromatic carbocycles. The number of hydrogen-bond acceptors (Lipinski definition) is 3. The SMILES string of the molecule is Cc1cc([C@@H](C)O)ccc1OCc1ccncc1Cl. The van der Waals surface area contributed by atoms with Crippen molar-refractivity contribution in [2.75, 3.05) is 0 Å². The molecule has 0 aliphatic heterocycles. The molecule has 2 aromatic rings. The van der Waals surface area contributed by atoms with E-state index in [1.165, 1.54) is 0 Å². The van der Waals surface area contributed by atoms with Crippen molar-refractivity contribution in [2.45, 2.75) is 26.6 Å². The second kappa shape index (κ2) is 6.04. The van der Waals surface area contributed by atoms with Gasteiger partial charge >= 0.3 is 0 Å². The van der Waals surface area contributed by atoms with Gasteiger partial charge in [0.25, 0.3) is 0 Å². The van der Waals surface area contributed by atoms with Crippen molar-refractivity contribution in [3.8, 4) is 5.75 Å². The molecule has 0 radical (unpaired) electrons. The van der Waals surface area contributed by atoms with E-state index in [0.717, 1.165) is 22.4 Å². The van der Waals surface area contributed by atoms with Gasteiger partial charge in [0.15, 0.2) is 0 Å². The molecule has 0 spiro atoms. The fraction of sp³-hybridized carbons (Fsp3) is 0.267. The first kappa shape index (κ1) is 13.8. The van der Waals surface area contributed by atoms with Crippen molar-refractivity contribution in [3.05, 3.63) is 58.4 Å². The highest BCUT2D eigenvalue weighted by Gasteiger charge is 2.06. The van der Waals surface area contributed by atoms with Gasteiger partial charge in [-0.2, -0.15) is 0 Å². The molecule has 1 aromatic heterocycles. The molecule has 0 fully saturated rings. The summed E-state index contributed by atoms with van der Waals surface area (Å²) in [4.78, 5) is 3.93. The van der Waals surface area contributed by atoms with Crippen molar-refractivity contribution >= 4 is 11.6 Å². The minimum atomic E-state index is -0.470. The van der Waals surface area contributed by atoms with E-state index in [-0.39, 0.29) is 0 Å². The molecule has 0 unspecified atom stereocenters. The molecule has 1 heterocycles. The predicted molar refractivity (Wildman–Crippen MR) is 75.4 cm³/mol. The molecule has 0 aliphatic rings. The van der Waals surface area contributed by atoms with Crippen LogP contribution in [-0.2, 0) is 6.61 Å². The number of ether oxygens (including phenoxy) is 1. The summed E-state index contributed by atoms with van der Waals surface area (Å²) in [5, 5.41) is 10.1. The van der Waals surface area contributed by atoms with Crippen molar-refractivity contribution in [2.24, 2.45) is 0 Å². The Morgan fingerprint density at radius 2 is 2.16 bits per heavy atom. The van der Waals surface area contributed by atoms with E-state index in [4.69, 9.17) is 16.3 Å². The van der Waals surface area contributed by atoms with Crippen molar-refractivity contribution in [3.63, 3.8) is 0 Å². The first-order chi connectivity index (χ1) is 9.08. The Hall–Kier alpha value is -1.58. The van der Waals surface area contributed by atoms with E-state index in [9.17, 15) is 5.11 Å². The third-order valence-electron chi connectivity index (χ3n) is 2.92. The highest BCUT2D eigenvalue weighted by molar-refractivity contribution is 6.31. The average Bonchev–Trinajstić information content (AvgIpc) is 2.39.